The number of carbonyl (C=O) groups excluding carboxylic acids is 3. The Labute approximate surface area is 186 Å². The Hall–Kier alpha value is -3.87. The van der Waals surface area contributed by atoms with Gasteiger partial charge in [-0.1, -0.05) is 24.3 Å². The van der Waals surface area contributed by atoms with E-state index in [1.165, 1.54) is 6.26 Å². The Morgan fingerprint density at radius 3 is 2.34 bits per heavy atom. The van der Waals surface area contributed by atoms with Crippen LogP contribution in [0.4, 0.5) is 5.69 Å². The van der Waals surface area contributed by atoms with E-state index < -0.39 is 0 Å². The van der Waals surface area contributed by atoms with Gasteiger partial charge in [0.15, 0.2) is 5.76 Å². The molecule has 1 fully saturated rings. The van der Waals surface area contributed by atoms with Crippen LogP contribution in [0, 0.1) is 6.92 Å². The Morgan fingerprint density at radius 2 is 1.66 bits per heavy atom. The molecule has 0 radical (unpaired) electrons. The van der Waals surface area contributed by atoms with Crippen LogP contribution in [0.1, 0.15) is 49.7 Å². The normalized spacial score (nSPS) is 14.1. The van der Waals surface area contributed by atoms with E-state index in [0.29, 0.717) is 42.7 Å². The van der Waals surface area contributed by atoms with Gasteiger partial charge in [-0.3, -0.25) is 14.4 Å². The molecule has 2 N–H and O–H groups in total. The van der Waals surface area contributed by atoms with Crippen LogP contribution in [0.15, 0.2) is 71.3 Å². The van der Waals surface area contributed by atoms with Gasteiger partial charge in [0.05, 0.1) is 6.26 Å². The average molecular weight is 431 g/mol. The van der Waals surface area contributed by atoms with Crippen molar-refractivity contribution in [1.29, 1.82) is 0 Å². The summed E-state index contributed by atoms with van der Waals surface area (Å²) < 4.78 is 5.13. The second-order valence-electron chi connectivity index (χ2n) is 7.87. The summed E-state index contributed by atoms with van der Waals surface area (Å²) in [5.74, 6) is -0.337. The first kappa shape index (κ1) is 21.4. The van der Waals surface area contributed by atoms with Gasteiger partial charge in [-0.2, -0.15) is 0 Å². The van der Waals surface area contributed by atoms with Crippen molar-refractivity contribution in [2.75, 3.05) is 18.4 Å². The van der Waals surface area contributed by atoms with Gasteiger partial charge < -0.3 is 20.0 Å². The van der Waals surface area contributed by atoms with Crippen molar-refractivity contribution in [3.05, 3.63) is 89.4 Å². The fraction of sp³-hybridized carbons (Fsp3) is 0.240. The molecule has 4 rings (SSSR count). The van der Waals surface area contributed by atoms with E-state index in [0.717, 1.165) is 5.56 Å². The average Bonchev–Trinajstić information content (AvgIpc) is 3.36. The highest BCUT2D eigenvalue weighted by molar-refractivity contribution is 6.04. The molecule has 1 aromatic heterocycles. The molecule has 0 atom stereocenters. The van der Waals surface area contributed by atoms with Crippen molar-refractivity contribution in [3.63, 3.8) is 0 Å². The summed E-state index contributed by atoms with van der Waals surface area (Å²) in [5, 5.41) is 5.86. The van der Waals surface area contributed by atoms with Crippen LogP contribution in [-0.2, 0) is 0 Å². The number of likely N-dealkylation sites (tertiary alicyclic amines) is 1. The number of benzene rings is 2. The molecule has 0 bridgehead atoms. The van der Waals surface area contributed by atoms with Crippen LogP contribution < -0.4 is 10.6 Å². The first-order chi connectivity index (χ1) is 15.5. The van der Waals surface area contributed by atoms with Crippen LogP contribution >= 0.6 is 0 Å². The number of furan rings is 1. The van der Waals surface area contributed by atoms with Crippen molar-refractivity contribution in [2.24, 2.45) is 0 Å². The second-order valence-corrected chi connectivity index (χ2v) is 7.87. The lowest BCUT2D eigenvalue weighted by Gasteiger charge is -2.32. The largest absolute Gasteiger partial charge is 0.459 e. The predicted octanol–water partition coefficient (Wildman–Crippen LogP) is 3.87. The number of anilines is 1. The first-order valence-corrected chi connectivity index (χ1v) is 10.6. The molecule has 3 amide bonds. The Bertz CT molecular complexity index is 1100. The molecule has 2 aromatic carbocycles. The SMILES string of the molecule is Cc1ccc(C(=O)N2CCC(NC(=O)c3ccccc3)CC2)cc1NC(=O)c1ccco1. The van der Waals surface area contributed by atoms with E-state index in [4.69, 9.17) is 4.42 Å². The lowest BCUT2D eigenvalue weighted by molar-refractivity contribution is 0.0697. The van der Waals surface area contributed by atoms with Crippen LogP contribution in [0.3, 0.4) is 0 Å². The monoisotopic (exact) mass is 431 g/mol. The molecule has 2 heterocycles. The van der Waals surface area contributed by atoms with Crippen molar-refractivity contribution in [1.82, 2.24) is 10.2 Å². The zero-order valence-electron chi connectivity index (χ0n) is 17.8. The number of hydrogen-bond acceptors (Lipinski definition) is 4. The molecule has 7 heteroatoms. The minimum absolute atomic E-state index is 0.0351. The second kappa shape index (κ2) is 9.51. The summed E-state index contributed by atoms with van der Waals surface area (Å²) >= 11 is 0. The fourth-order valence-corrected chi connectivity index (χ4v) is 3.75. The van der Waals surface area contributed by atoms with Crippen molar-refractivity contribution >= 4 is 23.4 Å². The Balaban J connectivity index is 1.36. The van der Waals surface area contributed by atoms with Crippen LogP contribution in [0.5, 0.6) is 0 Å². The maximum absolute atomic E-state index is 13.0. The molecule has 1 saturated heterocycles. The third-order valence-electron chi connectivity index (χ3n) is 5.63. The lowest BCUT2D eigenvalue weighted by Crippen LogP contribution is -2.46. The lowest BCUT2D eigenvalue weighted by atomic mass is 10.0. The van der Waals surface area contributed by atoms with Gasteiger partial charge in [0.2, 0.25) is 0 Å². The van der Waals surface area contributed by atoms with Gasteiger partial charge in [-0.05, 0) is 61.7 Å². The zero-order valence-corrected chi connectivity index (χ0v) is 17.8. The Morgan fingerprint density at radius 1 is 0.906 bits per heavy atom. The van der Waals surface area contributed by atoms with Gasteiger partial charge in [-0.25, -0.2) is 0 Å². The van der Waals surface area contributed by atoms with Gasteiger partial charge in [0.1, 0.15) is 0 Å². The van der Waals surface area contributed by atoms with E-state index >= 15 is 0 Å². The van der Waals surface area contributed by atoms with E-state index in [9.17, 15) is 14.4 Å². The summed E-state index contributed by atoms with van der Waals surface area (Å²) in [6.45, 7) is 2.98. The van der Waals surface area contributed by atoms with E-state index in [-0.39, 0.29) is 29.5 Å². The highest BCUT2D eigenvalue weighted by Crippen LogP contribution is 2.21. The zero-order chi connectivity index (χ0) is 22.5. The molecule has 1 aliphatic heterocycles. The quantitative estimate of drug-likeness (QED) is 0.641. The van der Waals surface area contributed by atoms with Gasteiger partial charge >= 0.3 is 0 Å². The minimum Gasteiger partial charge on any atom is -0.459 e. The predicted molar refractivity (Wildman–Crippen MR) is 121 cm³/mol. The molecule has 0 spiro atoms. The number of aryl methyl sites for hydroxylation is 1. The van der Waals surface area contributed by atoms with Crippen LogP contribution in [0.25, 0.3) is 0 Å². The third kappa shape index (κ3) is 4.88. The number of piperidine rings is 1. The Kier molecular flexibility index (Phi) is 6.35. The summed E-state index contributed by atoms with van der Waals surface area (Å²) in [5.41, 5.74) is 2.57. The van der Waals surface area contributed by atoms with E-state index in [1.54, 1.807) is 41.3 Å². The van der Waals surface area contributed by atoms with E-state index in [2.05, 4.69) is 10.6 Å². The molecule has 0 saturated carbocycles. The molecule has 7 nitrogen and oxygen atoms in total. The standard InChI is InChI=1S/C25H25N3O4/c1-17-9-10-19(16-21(17)27-24(30)22-8-5-15-32-22)25(31)28-13-11-20(12-14-28)26-23(29)18-6-3-2-4-7-18/h2-10,15-16,20H,11-14H2,1H3,(H,26,29)(H,27,30). The summed E-state index contributed by atoms with van der Waals surface area (Å²) in [7, 11) is 0. The van der Waals surface area contributed by atoms with Crippen LogP contribution in [-0.4, -0.2) is 41.8 Å². The molecule has 3 aromatic rings. The summed E-state index contributed by atoms with van der Waals surface area (Å²) in [6.07, 6.45) is 2.82. The highest BCUT2D eigenvalue weighted by Gasteiger charge is 2.25. The number of hydrogen-bond donors (Lipinski definition) is 2. The van der Waals surface area contributed by atoms with Gasteiger partial charge in [0.25, 0.3) is 17.7 Å². The molecular weight excluding hydrogens is 406 g/mol. The third-order valence-corrected chi connectivity index (χ3v) is 5.63. The smallest absolute Gasteiger partial charge is 0.291 e. The summed E-state index contributed by atoms with van der Waals surface area (Å²) in [4.78, 5) is 39.5. The summed E-state index contributed by atoms with van der Waals surface area (Å²) in [6, 6.07) is 17.7. The first-order valence-electron chi connectivity index (χ1n) is 10.6. The molecule has 1 aliphatic rings. The fourth-order valence-electron chi connectivity index (χ4n) is 3.75. The van der Waals surface area contributed by atoms with Crippen molar-refractivity contribution in [3.8, 4) is 0 Å². The number of amides is 3. The van der Waals surface area contributed by atoms with Gasteiger partial charge in [-0.15, -0.1) is 0 Å². The topological polar surface area (TPSA) is 91.7 Å². The number of rotatable bonds is 5. The van der Waals surface area contributed by atoms with Crippen LogP contribution in [0.2, 0.25) is 0 Å². The molecule has 0 aliphatic carbocycles. The number of carbonyl (C=O) groups is 3. The van der Waals surface area contributed by atoms with Crippen molar-refractivity contribution in [2.45, 2.75) is 25.8 Å². The molecule has 0 unspecified atom stereocenters. The number of nitrogens with one attached hydrogen (secondary N) is 2. The maximum Gasteiger partial charge on any atom is 0.291 e. The molecular formula is C25H25N3O4. The molecule has 164 valence electrons. The van der Waals surface area contributed by atoms with Crippen molar-refractivity contribution < 1.29 is 18.8 Å². The maximum atomic E-state index is 13.0. The number of nitrogens with zero attached hydrogens (tertiary/aromatic N) is 1. The minimum atomic E-state index is -0.363. The molecule has 32 heavy (non-hydrogen) atoms. The highest BCUT2D eigenvalue weighted by atomic mass is 16.3. The van der Waals surface area contributed by atoms with Gasteiger partial charge in [0, 0.05) is 35.9 Å². The van der Waals surface area contributed by atoms with E-state index in [1.807, 2.05) is 31.2 Å².